The summed E-state index contributed by atoms with van der Waals surface area (Å²) in [4.78, 5) is 23.4. The van der Waals surface area contributed by atoms with Gasteiger partial charge in [-0.1, -0.05) is 39.8 Å². The van der Waals surface area contributed by atoms with Crippen molar-refractivity contribution in [3.8, 4) is 5.75 Å². The van der Waals surface area contributed by atoms with Gasteiger partial charge < -0.3 is 16.2 Å². The molecule has 0 spiro atoms. The molecule has 0 atom stereocenters. The van der Waals surface area contributed by atoms with Crippen molar-refractivity contribution in [1.82, 2.24) is 5.32 Å². The van der Waals surface area contributed by atoms with E-state index in [9.17, 15) is 14.7 Å². The third-order valence-electron chi connectivity index (χ3n) is 3.97. The van der Waals surface area contributed by atoms with Gasteiger partial charge >= 0.3 is 0 Å². The van der Waals surface area contributed by atoms with E-state index in [4.69, 9.17) is 5.73 Å². The van der Waals surface area contributed by atoms with Gasteiger partial charge in [-0.15, -0.1) is 0 Å². The molecule has 0 bridgehead atoms. The molecule has 5 heteroatoms. The van der Waals surface area contributed by atoms with Crippen molar-refractivity contribution in [1.29, 1.82) is 0 Å². The van der Waals surface area contributed by atoms with Gasteiger partial charge in [0.2, 0.25) is 5.91 Å². The maximum atomic E-state index is 12.1. The number of amides is 2. The Balaban J connectivity index is 2.57. The fraction of sp³-hybridized carbons (Fsp3) is 0.529. The molecule has 1 rings (SSSR count). The lowest BCUT2D eigenvalue weighted by atomic mass is 9.78. The van der Waals surface area contributed by atoms with Crippen LogP contribution in [0.3, 0.4) is 0 Å². The second-order valence-corrected chi connectivity index (χ2v) is 7.11. The number of hydrogen-bond acceptors (Lipinski definition) is 3. The van der Waals surface area contributed by atoms with E-state index in [1.54, 1.807) is 18.2 Å². The lowest BCUT2D eigenvalue weighted by molar-refractivity contribution is -0.126. The number of carbonyl (C=O) groups is 2. The van der Waals surface area contributed by atoms with Crippen LogP contribution in [0.2, 0.25) is 0 Å². The Morgan fingerprint density at radius 2 is 1.73 bits per heavy atom. The van der Waals surface area contributed by atoms with Crippen LogP contribution in [-0.2, 0) is 4.79 Å². The average molecular weight is 306 g/mol. The molecule has 0 unspecified atom stereocenters. The van der Waals surface area contributed by atoms with Gasteiger partial charge in [-0.05, 0) is 30.4 Å². The zero-order chi connectivity index (χ0) is 17.0. The summed E-state index contributed by atoms with van der Waals surface area (Å²) in [6.45, 7) is 8.15. The van der Waals surface area contributed by atoms with E-state index < -0.39 is 5.41 Å². The third kappa shape index (κ3) is 5.06. The summed E-state index contributed by atoms with van der Waals surface area (Å²) in [6, 6.07) is 6.43. The minimum Gasteiger partial charge on any atom is -0.507 e. The van der Waals surface area contributed by atoms with Gasteiger partial charge in [0.15, 0.2) is 0 Å². The van der Waals surface area contributed by atoms with E-state index in [0.717, 1.165) is 6.42 Å². The van der Waals surface area contributed by atoms with Crippen LogP contribution >= 0.6 is 0 Å². The van der Waals surface area contributed by atoms with Crippen molar-refractivity contribution >= 4 is 11.8 Å². The van der Waals surface area contributed by atoms with Crippen LogP contribution < -0.4 is 11.1 Å². The molecule has 1 aromatic carbocycles. The third-order valence-corrected chi connectivity index (χ3v) is 3.97. The zero-order valence-electron chi connectivity index (χ0n) is 13.8. The highest BCUT2D eigenvalue weighted by atomic mass is 16.3. The second kappa shape index (κ2) is 6.81. The van der Waals surface area contributed by atoms with Gasteiger partial charge in [-0.3, -0.25) is 9.59 Å². The Labute approximate surface area is 131 Å². The summed E-state index contributed by atoms with van der Waals surface area (Å²) in [5.41, 5.74) is 4.91. The SMILES string of the molecule is CC(C)(CCC(C)(C)C(N)=O)CNC(=O)c1ccccc1O. The minimum atomic E-state index is -0.557. The van der Waals surface area contributed by atoms with Crippen LogP contribution in [-0.4, -0.2) is 23.5 Å². The number of phenols is 1. The number of hydrogen-bond donors (Lipinski definition) is 3. The number of para-hydroxylation sites is 1. The van der Waals surface area contributed by atoms with Crippen LogP contribution in [0.5, 0.6) is 5.75 Å². The van der Waals surface area contributed by atoms with Crippen molar-refractivity contribution in [3.63, 3.8) is 0 Å². The minimum absolute atomic E-state index is 0.0346. The molecule has 0 aliphatic heterocycles. The van der Waals surface area contributed by atoms with Crippen LogP contribution in [0.15, 0.2) is 24.3 Å². The number of primary amides is 1. The summed E-state index contributed by atoms with van der Waals surface area (Å²) < 4.78 is 0. The van der Waals surface area contributed by atoms with Gasteiger partial charge in [0, 0.05) is 12.0 Å². The smallest absolute Gasteiger partial charge is 0.255 e. The Morgan fingerprint density at radius 3 is 2.27 bits per heavy atom. The van der Waals surface area contributed by atoms with Crippen molar-refractivity contribution < 1.29 is 14.7 Å². The predicted octanol–water partition coefficient (Wildman–Crippen LogP) is 2.44. The van der Waals surface area contributed by atoms with E-state index in [1.165, 1.54) is 6.07 Å². The first kappa shape index (κ1) is 18.0. The molecule has 22 heavy (non-hydrogen) atoms. The first-order chi connectivity index (χ1) is 10.1. The lowest BCUT2D eigenvalue weighted by Gasteiger charge is -2.29. The molecule has 0 radical (unpaired) electrons. The van der Waals surface area contributed by atoms with Gasteiger partial charge in [0.05, 0.1) is 5.56 Å². The van der Waals surface area contributed by atoms with E-state index in [2.05, 4.69) is 5.32 Å². The summed E-state index contributed by atoms with van der Waals surface area (Å²) in [6.07, 6.45) is 1.41. The fourth-order valence-corrected chi connectivity index (χ4v) is 1.94. The largest absolute Gasteiger partial charge is 0.507 e. The van der Waals surface area contributed by atoms with Gasteiger partial charge in [-0.2, -0.15) is 0 Å². The first-order valence-corrected chi connectivity index (χ1v) is 7.41. The lowest BCUT2D eigenvalue weighted by Crippen LogP contribution is -2.37. The molecule has 0 aliphatic carbocycles. The zero-order valence-corrected chi connectivity index (χ0v) is 13.8. The topological polar surface area (TPSA) is 92.4 Å². The molecule has 4 N–H and O–H groups in total. The number of benzene rings is 1. The highest BCUT2D eigenvalue weighted by Crippen LogP contribution is 2.30. The molecule has 0 heterocycles. The molecule has 122 valence electrons. The molecule has 2 amide bonds. The molecule has 0 aromatic heterocycles. The normalized spacial score (nSPS) is 12.0. The van der Waals surface area contributed by atoms with Crippen molar-refractivity contribution in [2.24, 2.45) is 16.6 Å². The maximum Gasteiger partial charge on any atom is 0.255 e. The highest BCUT2D eigenvalue weighted by Gasteiger charge is 2.29. The van der Waals surface area contributed by atoms with E-state index in [0.29, 0.717) is 13.0 Å². The molecule has 0 fully saturated rings. The predicted molar refractivity (Wildman–Crippen MR) is 86.4 cm³/mol. The molecule has 0 saturated carbocycles. The quantitative estimate of drug-likeness (QED) is 0.722. The summed E-state index contributed by atoms with van der Waals surface area (Å²) in [5.74, 6) is -0.658. The van der Waals surface area contributed by atoms with E-state index >= 15 is 0 Å². The monoisotopic (exact) mass is 306 g/mol. The summed E-state index contributed by atoms with van der Waals surface area (Å²) in [7, 11) is 0. The van der Waals surface area contributed by atoms with Crippen LogP contribution in [0.4, 0.5) is 0 Å². The van der Waals surface area contributed by atoms with E-state index in [-0.39, 0.29) is 28.5 Å². The average Bonchev–Trinajstić information content (AvgIpc) is 2.43. The Hall–Kier alpha value is -2.04. The van der Waals surface area contributed by atoms with Gasteiger partial charge in [0.25, 0.3) is 5.91 Å². The molecular weight excluding hydrogens is 280 g/mol. The Kier molecular flexibility index (Phi) is 5.58. The maximum absolute atomic E-state index is 12.1. The van der Waals surface area contributed by atoms with Crippen molar-refractivity contribution in [3.05, 3.63) is 29.8 Å². The summed E-state index contributed by atoms with van der Waals surface area (Å²) in [5, 5.41) is 12.5. The van der Waals surface area contributed by atoms with Crippen LogP contribution in [0.25, 0.3) is 0 Å². The second-order valence-electron chi connectivity index (χ2n) is 7.11. The van der Waals surface area contributed by atoms with Gasteiger partial charge in [0.1, 0.15) is 5.75 Å². The Bertz CT molecular complexity index is 551. The molecule has 0 aliphatic rings. The number of nitrogens with two attached hydrogens (primary N) is 1. The van der Waals surface area contributed by atoms with Crippen LogP contribution in [0, 0.1) is 10.8 Å². The molecule has 1 aromatic rings. The van der Waals surface area contributed by atoms with Gasteiger partial charge in [-0.25, -0.2) is 0 Å². The van der Waals surface area contributed by atoms with E-state index in [1.807, 2.05) is 27.7 Å². The molecule has 5 nitrogen and oxygen atoms in total. The molecule has 0 saturated heterocycles. The Morgan fingerprint density at radius 1 is 1.14 bits per heavy atom. The first-order valence-electron chi connectivity index (χ1n) is 7.41. The number of phenolic OH excluding ortho intramolecular Hbond substituents is 1. The standard InChI is InChI=1S/C17H26N2O3/c1-16(2,9-10-17(3,4)15(18)22)11-19-14(21)12-7-5-6-8-13(12)20/h5-8,20H,9-11H2,1-4H3,(H2,18,22)(H,19,21). The number of rotatable bonds is 7. The fourth-order valence-electron chi connectivity index (χ4n) is 1.94. The highest BCUT2D eigenvalue weighted by molar-refractivity contribution is 5.96. The van der Waals surface area contributed by atoms with Crippen molar-refractivity contribution in [2.45, 2.75) is 40.5 Å². The summed E-state index contributed by atoms with van der Waals surface area (Å²) >= 11 is 0. The number of aromatic hydroxyl groups is 1. The van der Waals surface area contributed by atoms with Crippen LogP contribution in [0.1, 0.15) is 50.9 Å². The van der Waals surface area contributed by atoms with Crippen molar-refractivity contribution in [2.75, 3.05) is 6.54 Å². The number of nitrogens with one attached hydrogen (secondary N) is 1. The molecular formula is C17H26N2O3. The number of carbonyl (C=O) groups excluding carboxylic acids is 2.